The predicted molar refractivity (Wildman–Crippen MR) is 154 cm³/mol. The van der Waals surface area contributed by atoms with Crippen LogP contribution in [-0.2, 0) is 4.79 Å². The molecule has 0 fully saturated rings. The van der Waals surface area contributed by atoms with Crippen LogP contribution in [0.5, 0.6) is 11.5 Å². The lowest BCUT2D eigenvalue weighted by Gasteiger charge is -2.25. The second kappa shape index (κ2) is 10.8. The molecule has 1 atom stereocenters. The van der Waals surface area contributed by atoms with Gasteiger partial charge in [-0.25, -0.2) is 9.97 Å². The van der Waals surface area contributed by atoms with E-state index < -0.39 is 23.5 Å². The van der Waals surface area contributed by atoms with E-state index in [2.05, 4.69) is 4.98 Å². The van der Waals surface area contributed by atoms with Crippen LogP contribution in [0.1, 0.15) is 57.8 Å². The van der Waals surface area contributed by atoms with E-state index in [0.29, 0.717) is 46.0 Å². The third kappa shape index (κ3) is 4.90. The van der Waals surface area contributed by atoms with Gasteiger partial charge in [0.05, 0.1) is 50.6 Å². The summed E-state index contributed by atoms with van der Waals surface area (Å²) >= 11 is 2.58. The molecule has 1 N–H and O–H groups in total. The maximum Gasteiger partial charge on any atom is 0.296 e. The van der Waals surface area contributed by atoms with Crippen LogP contribution < -0.4 is 14.4 Å². The van der Waals surface area contributed by atoms with Crippen LogP contribution in [0, 0.1) is 20.8 Å². The fourth-order valence-corrected chi connectivity index (χ4v) is 6.60. The molecule has 1 amide bonds. The standard InChI is InChI=1S/C29H29N3O5S2/c1-6-12-37-20-11-9-18(14-21(20)36-7-2)24-23(25(33)27-16(4)30-17(5)38-27)26(34)28(35)32(24)29-31-19-10-8-15(3)13-22(19)39-29/h8-11,13-14,24,34H,6-7,12H2,1-5H3. The largest absolute Gasteiger partial charge is 0.503 e. The summed E-state index contributed by atoms with van der Waals surface area (Å²) in [5, 5.41) is 12.3. The van der Waals surface area contributed by atoms with Crippen molar-refractivity contribution in [3.05, 3.63) is 74.4 Å². The number of amides is 1. The molecule has 0 aliphatic carbocycles. The number of ether oxygens (including phenoxy) is 2. The highest BCUT2D eigenvalue weighted by Gasteiger charge is 2.46. The Morgan fingerprint density at radius 2 is 1.82 bits per heavy atom. The number of benzene rings is 2. The fourth-order valence-electron chi connectivity index (χ4n) is 4.63. The predicted octanol–water partition coefficient (Wildman–Crippen LogP) is 6.65. The minimum atomic E-state index is -0.923. The number of Topliss-reactive ketones (excluding diaryl/α,β-unsaturated/α-hetero) is 1. The van der Waals surface area contributed by atoms with E-state index in [-0.39, 0.29) is 5.57 Å². The summed E-state index contributed by atoms with van der Waals surface area (Å²) in [4.78, 5) is 38.5. The zero-order chi connectivity index (χ0) is 27.8. The summed E-state index contributed by atoms with van der Waals surface area (Å²) in [6, 6.07) is 10.3. The molecule has 0 saturated heterocycles. The van der Waals surface area contributed by atoms with Crippen molar-refractivity contribution in [1.82, 2.24) is 9.97 Å². The van der Waals surface area contributed by atoms with Gasteiger partial charge in [0.15, 0.2) is 22.4 Å². The molecule has 1 unspecified atom stereocenters. The van der Waals surface area contributed by atoms with E-state index >= 15 is 0 Å². The molecule has 3 heterocycles. The number of rotatable bonds is 9. The van der Waals surface area contributed by atoms with Gasteiger partial charge in [-0.3, -0.25) is 14.5 Å². The summed E-state index contributed by atoms with van der Waals surface area (Å²) in [7, 11) is 0. The summed E-state index contributed by atoms with van der Waals surface area (Å²) in [5.41, 5.74) is 2.95. The maximum atomic E-state index is 13.9. The summed E-state index contributed by atoms with van der Waals surface area (Å²) in [5.74, 6) is -0.627. The number of fused-ring (bicyclic) bond motifs is 1. The van der Waals surface area contributed by atoms with Crippen LogP contribution in [-0.4, -0.2) is 40.0 Å². The van der Waals surface area contributed by atoms with Crippen molar-refractivity contribution in [2.45, 2.75) is 47.1 Å². The molecule has 202 valence electrons. The molecule has 1 aliphatic heterocycles. The average molecular weight is 564 g/mol. The molecule has 0 spiro atoms. The number of hydrogen-bond acceptors (Lipinski definition) is 9. The van der Waals surface area contributed by atoms with E-state index in [1.165, 1.54) is 27.6 Å². The van der Waals surface area contributed by atoms with Gasteiger partial charge in [-0.2, -0.15) is 0 Å². The smallest absolute Gasteiger partial charge is 0.296 e. The molecule has 39 heavy (non-hydrogen) atoms. The average Bonchev–Trinajstić information content (AvgIpc) is 3.55. The first-order valence-electron chi connectivity index (χ1n) is 12.8. The van der Waals surface area contributed by atoms with Crippen LogP contribution in [0.4, 0.5) is 5.13 Å². The van der Waals surface area contributed by atoms with Crippen molar-refractivity contribution in [1.29, 1.82) is 0 Å². The van der Waals surface area contributed by atoms with Gasteiger partial charge in [-0.05, 0) is 69.5 Å². The van der Waals surface area contributed by atoms with Crippen LogP contribution >= 0.6 is 22.7 Å². The van der Waals surface area contributed by atoms with E-state index in [1.54, 1.807) is 25.1 Å². The number of hydrogen-bond donors (Lipinski definition) is 1. The number of anilines is 1. The maximum absolute atomic E-state index is 13.9. The Hall–Kier alpha value is -3.76. The highest BCUT2D eigenvalue weighted by molar-refractivity contribution is 7.22. The lowest BCUT2D eigenvalue weighted by molar-refractivity contribution is -0.117. The molecule has 4 aromatic rings. The van der Waals surface area contributed by atoms with Gasteiger partial charge >= 0.3 is 0 Å². The number of carbonyl (C=O) groups is 2. The quantitative estimate of drug-likeness (QED) is 0.228. The Morgan fingerprint density at radius 1 is 1.03 bits per heavy atom. The monoisotopic (exact) mass is 563 g/mol. The number of nitrogens with zero attached hydrogens (tertiary/aromatic N) is 3. The molecular weight excluding hydrogens is 534 g/mol. The molecular formula is C29H29N3O5S2. The number of thiazole rings is 2. The van der Waals surface area contributed by atoms with Gasteiger partial charge in [-0.1, -0.05) is 30.4 Å². The third-order valence-electron chi connectivity index (χ3n) is 6.35. The number of aromatic nitrogens is 2. The number of aliphatic hydroxyl groups is 1. The fraction of sp³-hybridized carbons (Fsp3) is 0.310. The van der Waals surface area contributed by atoms with Crippen molar-refractivity contribution < 1.29 is 24.2 Å². The van der Waals surface area contributed by atoms with Gasteiger partial charge in [0.25, 0.3) is 5.91 Å². The van der Waals surface area contributed by atoms with Gasteiger partial charge in [0.1, 0.15) is 0 Å². The number of carbonyl (C=O) groups excluding carboxylic acids is 2. The van der Waals surface area contributed by atoms with E-state index in [9.17, 15) is 14.7 Å². The molecule has 1 aliphatic rings. The Bertz CT molecular complexity index is 1620. The Balaban J connectivity index is 1.68. The van der Waals surface area contributed by atoms with Crippen molar-refractivity contribution in [3.63, 3.8) is 0 Å². The zero-order valence-corrected chi connectivity index (χ0v) is 24.0. The summed E-state index contributed by atoms with van der Waals surface area (Å²) in [6.07, 6.45) is 0.832. The molecule has 2 aromatic heterocycles. The molecule has 5 rings (SSSR count). The van der Waals surface area contributed by atoms with Crippen molar-refractivity contribution in [3.8, 4) is 11.5 Å². The minimum absolute atomic E-state index is 0.00754. The summed E-state index contributed by atoms with van der Waals surface area (Å²) in [6.45, 7) is 10.4. The lowest BCUT2D eigenvalue weighted by Crippen LogP contribution is -2.31. The molecule has 2 aromatic carbocycles. The number of aryl methyl sites for hydroxylation is 3. The molecule has 8 nitrogen and oxygen atoms in total. The first-order chi connectivity index (χ1) is 18.7. The number of aliphatic hydroxyl groups excluding tert-OH is 1. The number of ketones is 1. The molecule has 0 bridgehead atoms. The highest BCUT2D eigenvalue weighted by atomic mass is 32.1. The first kappa shape index (κ1) is 26.8. The summed E-state index contributed by atoms with van der Waals surface area (Å²) < 4.78 is 12.7. The van der Waals surface area contributed by atoms with E-state index in [0.717, 1.165) is 27.2 Å². The van der Waals surface area contributed by atoms with Crippen molar-refractivity contribution >= 4 is 49.7 Å². The van der Waals surface area contributed by atoms with Crippen LogP contribution in [0.25, 0.3) is 10.2 Å². The minimum Gasteiger partial charge on any atom is -0.503 e. The van der Waals surface area contributed by atoms with Crippen LogP contribution in [0.15, 0.2) is 47.7 Å². The van der Waals surface area contributed by atoms with Gasteiger partial charge < -0.3 is 14.6 Å². The van der Waals surface area contributed by atoms with Gasteiger partial charge in [0, 0.05) is 0 Å². The molecule has 0 radical (unpaired) electrons. The van der Waals surface area contributed by atoms with Gasteiger partial charge in [0.2, 0.25) is 5.78 Å². The van der Waals surface area contributed by atoms with E-state index in [1.807, 2.05) is 45.9 Å². The first-order valence-corrected chi connectivity index (χ1v) is 14.4. The van der Waals surface area contributed by atoms with Crippen LogP contribution in [0.3, 0.4) is 0 Å². The Morgan fingerprint density at radius 3 is 2.51 bits per heavy atom. The van der Waals surface area contributed by atoms with Crippen LogP contribution in [0.2, 0.25) is 0 Å². The topological polar surface area (TPSA) is 102 Å². The van der Waals surface area contributed by atoms with Gasteiger partial charge in [-0.15, -0.1) is 11.3 Å². The normalized spacial score (nSPS) is 15.5. The zero-order valence-electron chi connectivity index (χ0n) is 22.4. The third-order valence-corrected chi connectivity index (χ3v) is 8.44. The van der Waals surface area contributed by atoms with E-state index in [4.69, 9.17) is 14.5 Å². The Labute approximate surface area is 234 Å². The molecule has 10 heteroatoms. The second-order valence-electron chi connectivity index (χ2n) is 9.27. The molecule has 0 saturated carbocycles. The lowest BCUT2D eigenvalue weighted by atomic mass is 9.95. The van der Waals surface area contributed by atoms with Crippen molar-refractivity contribution in [2.24, 2.45) is 0 Å². The SMILES string of the molecule is CCCOc1ccc(C2C(C(=O)c3sc(C)nc3C)=C(O)C(=O)N2c2nc3ccc(C)cc3s2)cc1OCC. The Kier molecular flexibility index (Phi) is 7.42. The highest BCUT2D eigenvalue weighted by Crippen LogP contribution is 2.46. The second-order valence-corrected chi connectivity index (χ2v) is 11.5. The van der Waals surface area contributed by atoms with Crippen molar-refractivity contribution in [2.75, 3.05) is 18.1 Å².